The van der Waals surface area contributed by atoms with E-state index in [-0.39, 0.29) is 47.4 Å². The summed E-state index contributed by atoms with van der Waals surface area (Å²) in [6, 6.07) is 10.5. The molecule has 2 aromatic rings. The Morgan fingerprint density at radius 1 is 1.00 bits per heavy atom. The second-order valence-corrected chi connectivity index (χ2v) is 2.91. The summed E-state index contributed by atoms with van der Waals surface area (Å²) in [5, 5.41) is 3.47. The van der Waals surface area contributed by atoms with E-state index >= 15 is 0 Å². The molecule has 1 aromatic carbocycles. The molecule has 0 aliphatic rings. The summed E-state index contributed by atoms with van der Waals surface area (Å²) in [5.41, 5.74) is 0. The minimum absolute atomic E-state index is 0. The number of halogens is 1. The van der Waals surface area contributed by atoms with Gasteiger partial charge in [0.15, 0.2) is 0 Å². The fourth-order valence-corrected chi connectivity index (χ4v) is 1.70. The zero-order valence-electron chi connectivity index (χ0n) is 6.73. The molecule has 0 aliphatic heterocycles. The van der Waals surface area contributed by atoms with Gasteiger partial charge in [-0.05, 0) is 22.9 Å². The molecule has 0 bridgehead atoms. The van der Waals surface area contributed by atoms with E-state index in [9.17, 15) is 0 Å². The van der Waals surface area contributed by atoms with Gasteiger partial charge in [0.2, 0.25) is 0 Å². The smallest absolute Gasteiger partial charge is 0.870 e. The van der Waals surface area contributed by atoms with Crippen LogP contribution in [0.25, 0.3) is 10.1 Å². The predicted octanol–water partition coefficient (Wildman–Crippen LogP) is 0.150. The third-order valence-electron chi connectivity index (χ3n) is 1.36. The monoisotopic (exact) mass is 210 g/mol. The van der Waals surface area contributed by atoms with E-state index in [0.29, 0.717) is 0 Å². The largest absolute Gasteiger partial charge is 1.00 e. The van der Waals surface area contributed by atoms with Crippen molar-refractivity contribution in [2.45, 2.75) is 0 Å². The summed E-state index contributed by atoms with van der Waals surface area (Å²) in [7, 11) is 0. The van der Waals surface area contributed by atoms with E-state index in [0.717, 1.165) is 0 Å². The summed E-state index contributed by atoms with van der Waals surface area (Å²) >= 11 is 1.79. The van der Waals surface area contributed by atoms with Crippen LogP contribution < -0.4 is 29.6 Å². The van der Waals surface area contributed by atoms with Crippen molar-refractivity contribution in [3.8, 4) is 0 Å². The Labute approximate surface area is 104 Å². The van der Waals surface area contributed by atoms with Gasteiger partial charge >= 0.3 is 29.6 Å². The first-order valence-electron chi connectivity index (χ1n) is 2.89. The molecule has 0 fully saturated rings. The molecule has 0 amide bonds. The Morgan fingerprint density at radius 2 is 1.67 bits per heavy atom. The Bertz CT molecular complexity index is 293. The van der Waals surface area contributed by atoms with Crippen molar-refractivity contribution in [3.63, 3.8) is 0 Å². The molecule has 2 rings (SSSR count). The second-order valence-electron chi connectivity index (χ2n) is 1.96. The van der Waals surface area contributed by atoms with Gasteiger partial charge in [0.05, 0.1) is 0 Å². The molecule has 0 unspecified atom stereocenters. The zero-order valence-corrected chi connectivity index (χ0v) is 10.4. The normalized spacial score (nSPS) is 7.67. The number of rotatable bonds is 0. The fourth-order valence-electron chi connectivity index (χ4n) is 0.906. The third kappa shape index (κ3) is 3.05. The Balaban J connectivity index is 0. The SMILES string of the molecule is Cl.[Na+].[OH-].c1ccc2sccc2c1. The molecule has 1 heterocycles. The van der Waals surface area contributed by atoms with Crippen LogP contribution >= 0.6 is 23.7 Å². The molecule has 0 radical (unpaired) electrons. The van der Waals surface area contributed by atoms with E-state index in [1.54, 1.807) is 11.3 Å². The number of hydrogen-bond acceptors (Lipinski definition) is 2. The minimum atomic E-state index is 0. The van der Waals surface area contributed by atoms with E-state index in [4.69, 9.17) is 0 Å². The van der Waals surface area contributed by atoms with Crippen LogP contribution in [0, 0.1) is 0 Å². The number of hydrogen-bond donors (Lipinski definition) is 0. The molecule has 0 aliphatic carbocycles. The topological polar surface area (TPSA) is 30.0 Å². The maximum atomic E-state index is 2.14. The van der Waals surface area contributed by atoms with Crippen molar-refractivity contribution in [1.29, 1.82) is 0 Å². The Kier molecular flexibility index (Phi) is 8.58. The van der Waals surface area contributed by atoms with Crippen molar-refractivity contribution < 1.29 is 35.0 Å². The third-order valence-corrected chi connectivity index (χ3v) is 2.26. The standard InChI is InChI=1S/C8H6S.ClH.Na.H2O/c1-2-4-8-7(3-1)5-6-9-8;;;/h1-6H;1H;;1H2/q;;+1;/p-1. The van der Waals surface area contributed by atoms with Crippen LogP contribution in [0.3, 0.4) is 0 Å². The van der Waals surface area contributed by atoms with Crippen molar-refractivity contribution in [1.82, 2.24) is 0 Å². The van der Waals surface area contributed by atoms with E-state index in [1.807, 2.05) is 0 Å². The Morgan fingerprint density at radius 3 is 2.33 bits per heavy atom. The molecular weight excluding hydrogens is 203 g/mol. The molecule has 1 nitrogen and oxygen atoms in total. The maximum Gasteiger partial charge on any atom is 1.00 e. The van der Waals surface area contributed by atoms with Crippen LogP contribution in [0.15, 0.2) is 35.7 Å². The quantitative estimate of drug-likeness (QED) is 0.570. The molecule has 4 heteroatoms. The van der Waals surface area contributed by atoms with Crippen LogP contribution in [-0.4, -0.2) is 5.48 Å². The molecule has 0 saturated carbocycles. The van der Waals surface area contributed by atoms with Gasteiger partial charge in [-0.25, -0.2) is 0 Å². The first-order valence-corrected chi connectivity index (χ1v) is 3.77. The molecule has 0 spiro atoms. The van der Waals surface area contributed by atoms with E-state index in [2.05, 4.69) is 35.7 Å². The second kappa shape index (κ2) is 6.89. The van der Waals surface area contributed by atoms with Gasteiger partial charge in [-0.1, -0.05) is 18.2 Å². The molecule has 1 aromatic heterocycles. The van der Waals surface area contributed by atoms with Gasteiger partial charge in [0.1, 0.15) is 0 Å². The van der Waals surface area contributed by atoms with Crippen LogP contribution in [0.2, 0.25) is 0 Å². The average Bonchev–Trinajstić information content (AvgIpc) is 2.33. The number of thiophene rings is 1. The fraction of sp³-hybridized carbons (Fsp3) is 0. The molecular formula is C8H8ClNaOS. The first-order chi connectivity index (χ1) is 4.47. The molecule has 0 atom stereocenters. The summed E-state index contributed by atoms with van der Waals surface area (Å²) in [6.45, 7) is 0. The molecule has 60 valence electrons. The predicted molar refractivity (Wildman–Crippen MR) is 51.0 cm³/mol. The van der Waals surface area contributed by atoms with Crippen LogP contribution in [0.1, 0.15) is 0 Å². The molecule has 1 N–H and O–H groups in total. The van der Waals surface area contributed by atoms with Gasteiger partial charge < -0.3 is 5.48 Å². The summed E-state index contributed by atoms with van der Waals surface area (Å²) in [6.07, 6.45) is 0. The van der Waals surface area contributed by atoms with Crippen molar-refractivity contribution in [3.05, 3.63) is 35.7 Å². The van der Waals surface area contributed by atoms with Gasteiger partial charge in [0, 0.05) is 4.70 Å². The van der Waals surface area contributed by atoms with E-state index in [1.165, 1.54) is 10.1 Å². The van der Waals surface area contributed by atoms with Crippen LogP contribution in [-0.2, 0) is 0 Å². The Hall–Kier alpha value is 0.430. The van der Waals surface area contributed by atoms with Crippen molar-refractivity contribution >= 4 is 33.8 Å². The summed E-state index contributed by atoms with van der Waals surface area (Å²) < 4.78 is 1.37. The number of fused-ring (bicyclic) bond motifs is 1. The summed E-state index contributed by atoms with van der Waals surface area (Å²) in [5.74, 6) is 0. The van der Waals surface area contributed by atoms with Gasteiger partial charge in [-0.15, -0.1) is 23.7 Å². The maximum absolute atomic E-state index is 2.14. The van der Waals surface area contributed by atoms with Crippen LogP contribution in [0.5, 0.6) is 0 Å². The zero-order chi connectivity index (χ0) is 6.10. The van der Waals surface area contributed by atoms with Crippen molar-refractivity contribution in [2.24, 2.45) is 0 Å². The van der Waals surface area contributed by atoms with Gasteiger partial charge in [-0.2, -0.15) is 0 Å². The summed E-state index contributed by atoms with van der Waals surface area (Å²) in [4.78, 5) is 0. The average molecular weight is 211 g/mol. The van der Waals surface area contributed by atoms with E-state index < -0.39 is 0 Å². The van der Waals surface area contributed by atoms with Crippen molar-refractivity contribution in [2.75, 3.05) is 0 Å². The van der Waals surface area contributed by atoms with Crippen LogP contribution in [0.4, 0.5) is 0 Å². The molecule has 0 saturated heterocycles. The van der Waals surface area contributed by atoms with Gasteiger partial charge in [0.25, 0.3) is 0 Å². The van der Waals surface area contributed by atoms with Gasteiger partial charge in [-0.3, -0.25) is 0 Å². The molecule has 12 heavy (non-hydrogen) atoms. The number of benzene rings is 1. The minimum Gasteiger partial charge on any atom is -0.870 e. The first kappa shape index (κ1) is 14.9.